The van der Waals surface area contributed by atoms with Gasteiger partial charge in [-0.05, 0) is 35.4 Å². The fourth-order valence-electron chi connectivity index (χ4n) is 2.89. The number of hydrogen-bond donors (Lipinski definition) is 1. The monoisotopic (exact) mass is 260 g/mol. The lowest BCUT2D eigenvalue weighted by atomic mass is 9.93. The Balaban J connectivity index is 1.94. The van der Waals surface area contributed by atoms with E-state index in [1.807, 2.05) is 0 Å². The molecule has 0 spiro atoms. The minimum Gasteiger partial charge on any atom is -0.323 e. The van der Waals surface area contributed by atoms with Gasteiger partial charge in [-0.1, -0.05) is 52.0 Å². The molecule has 106 valence electrons. The molecule has 1 saturated heterocycles. The van der Waals surface area contributed by atoms with Crippen molar-refractivity contribution in [3.8, 4) is 0 Å². The molecule has 1 aliphatic rings. The Morgan fingerprint density at radius 3 is 2.21 bits per heavy atom. The maximum atomic E-state index is 6.35. The van der Waals surface area contributed by atoms with Crippen LogP contribution in [0, 0.1) is 5.41 Å². The van der Waals surface area contributed by atoms with Gasteiger partial charge in [0.1, 0.15) is 0 Å². The minimum absolute atomic E-state index is 0.134. The molecule has 2 rings (SSSR count). The van der Waals surface area contributed by atoms with E-state index in [1.54, 1.807) is 0 Å². The van der Waals surface area contributed by atoms with Crippen molar-refractivity contribution in [3.05, 3.63) is 35.4 Å². The second kappa shape index (κ2) is 5.64. The Morgan fingerprint density at radius 1 is 1.16 bits per heavy atom. The lowest BCUT2D eigenvalue weighted by Gasteiger charge is -2.23. The van der Waals surface area contributed by atoms with E-state index in [4.69, 9.17) is 5.73 Å². The molecule has 1 unspecified atom stereocenters. The summed E-state index contributed by atoms with van der Waals surface area (Å²) in [5, 5.41) is 0. The van der Waals surface area contributed by atoms with E-state index in [2.05, 4.69) is 56.9 Å². The van der Waals surface area contributed by atoms with Crippen LogP contribution in [0.3, 0.4) is 0 Å². The molecule has 0 bridgehead atoms. The van der Waals surface area contributed by atoms with Crippen molar-refractivity contribution in [1.82, 2.24) is 4.90 Å². The van der Waals surface area contributed by atoms with Crippen molar-refractivity contribution in [1.29, 1.82) is 0 Å². The van der Waals surface area contributed by atoms with Gasteiger partial charge >= 0.3 is 0 Å². The highest BCUT2D eigenvalue weighted by atomic mass is 15.2. The van der Waals surface area contributed by atoms with Gasteiger partial charge in [0, 0.05) is 19.1 Å². The predicted molar refractivity (Wildman–Crippen MR) is 82.3 cm³/mol. The quantitative estimate of drug-likeness (QED) is 0.897. The summed E-state index contributed by atoms with van der Waals surface area (Å²) in [6, 6.07) is 8.96. The smallest absolute Gasteiger partial charge is 0.0424 e. The molecule has 0 amide bonds. The van der Waals surface area contributed by atoms with Gasteiger partial charge in [-0.3, -0.25) is 0 Å². The molecule has 1 heterocycles. The van der Waals surface area contributed by atoms with Gasteiger partial charge in [0.15, 0.2) is 0 Å². The van der Waals surface area contributed by atoms with Gasteiger partial charge < -0.3 is 10.6 Å². The second-order valence-corrected chi connectivity index (χ2v) is 7.08. The third-order valence-electron chi connectivity index (χ3n) is 4.24. The topological polar surface area (TPSA) is 29.3 Å². The first-order chi connectivity index (χ1) is 8.87. The van der Waals surface area contributed by atoms with Crippen LogP contribution in [0.4, 0.5) is 0 Å². The Kier molecular flexibility index (Phi) is 4.32. The fourth-order valence-corrected chi connectivity index (χ4v) is 2.89. The Hall–Kier alpha value is -0.860. The van der Waals surface area contributed by atoms with Crippen LogP contribution in [0.5, 0.6) is 0 Å². The summed E-state index contributed by atoms with van der Waals surface area (Å²) >= 11 is 0. The highest BCUT2D eigenvalue weighted by Crippen LogP contribution is 2.29. The van der Waals surface area contributed by atoms with Gasteiger partial charge in [-0.15, -0.1) is 0 Å². The minimum atomic E-state index is 0.134. The summed E-state index contributed by atoms with van der Waals surface area (Å²) in [6.45, 7) is 12.5. The number of nitrogens with zero attached hydrogens (tertiary/aromatic N) is 1. The highest BCUT2D eigenvalue weighted by Gasteiger charge is 2.29. The molecular formula is C17H28N2. The average molecular weight is 260 g/mol. The number of rotatable bonds is 4. The molecular weight excluding hydrogens is 232 g/mol. The van der Waals surface area contributed by atoms with E-state index >= 15 is 0 Å². The summed E-state index contributed by atoms with van der Waals surface area (Å²) in [5.74, 6) is 0.588. The van der Waals surface area contributed by atoms with Crippen LogP contribution < -0.4 is 5.73 Å². The summed E-state index contributed by atoms with van der Waals surface area (Å²) in [4.78, 5) is 2.50. The predicted octanol–water partition coefficient (Wildman–Crippen LogP) is 3.54. The first-order valence-electron chi connectivity index (χ1n) is 7.45. The molecule has 1 aromatic carbocycles. The van der Waals surface area contributed by atoms with Crippen LogP contribution >= 0.6 is 0 Å². The number of nitrogens with two attached hydrogens (primary N) is 1. The molecule has 0 aromatic heterocycles. The standard InChI is InChI=1S/C17H28N2/c1-13(2)14-5-7-15(8-6-14)16(18)11-19-10-9-17(3,4)12-19/h5-8,13,16H,9-12,18H2,1-4H3. The fraction of sp³-hybridized carbons (Fsp3) is 0.647. The van der Waals surface area contributed by atoms with Gasteiger partial charge in [-0.25, -0.2) is 0 Å². The van der Waals surface area contributed by atoms with Gasteiger partial charge in [-0.2, -0.15) is 0 Å². The summed E-state index contributed by atoms with van der Waals surface area (Å²) < 4.78 is 0. The van der Waals surface area contributed by atoms with Crippen molar-refractivity contribution in [2.75, 3.05) is 19.6 Å². The second-order valence-electron chi connectivity index (χ2n) is 7.08. The van der Waals surface area contributed by atoms with Crippen molar-refractivity contribution in [2.24, 2.45) is 11.1 Å². The zero-order valence-corrected chi connectivity index (χ0v) is 12.8. The molecule has 2 nitrogen and oxygen atoms in total. The molecule has 0 aliphatic carbocycles. The maximum absolute atomic E-state index is 6.35. The van der Waals surface area contributed by atoms with Gasteiger partial charge in [0.05, 0.1) is 0 Å². The van der Waals surface area contributed by atoms with E-state index < -0.39 is 0 Å². The molecule has 1 fully saturated rings. The van der Waals surface area contributed by atoms with Crippen LogP contribution in [0.1, 0.15) is 57.2 Å². The van der Waals surface area contributed by atoms with Crippen LogP contribution in [-0.2, 0) is 0 Å². The number of benzene rings is 1. The molecule has 2 N–H and O–H groups in total. The normalized spacial score (nSPS) is 20.9. The van der Waals surface area contributed by atoms with Crippen LogP contribution in [0.15, 0.2) is 24.3 Å². The molecule has 1 atom stereocenters. The third kappa shape index (κ3) is 3.80. The Bertz CT molecular complexity index is 406. The Labute approximate surface area is 118 Å². The largest absolute Gasteiger partial charge is 0.323 e. The van der Waals surface area contributed by atoms with E-state index in [0.29, 0.717) is 11.3 Å². The summed E-state index contributed by atoms with van der Waals surface area (Å²) in [5.41, 5.74) is 9.45. The molecule has 19 heavy (non-hydrogen) atoms. The first-order valence-corrected chi connectivity index (χ1v) is 7.45. The Morgan fingerprint density at radius 2 is 1.74 bits per heavy atom. The molecule has 1 aromatic rings. The van der Waals surface area contributed by atoms with Gasteiger partial charge in [0.25, 0.3) is 0 Å². The van der Waals surface area contributed by atoms with E-state index in [9.17, 15) is 0 Å². The number of hydrogen-bond acceptors (Lipinski definition) is 2. The zero-order valence-electron chi connectivity index (χ0n) is 12.8. The molecule has 0 saturated carbocycles. The molecule has 0 radical (unpaired) electrons. The lowest BCUT2D eigenvalue weighted by Crippen LogP contribution is -2.31. The van der Waals surface area contributed by atoms with Crippen molar-refractivity contribution >= 4 is 0 Å². The van der Waals surface area contributed by atoms with Crippen LogP contribution in [0.25, 0.3) is 0 Å². The molecule has 1 aliphatic heterocycles. The SMILES string of the molecule is CC(C)c1ccc(C(N)CN2CCC(C)(C)C2)cc1. The summed E-state index contributed by atoms with van der Waals surface area (Å²) in [7, 11) is 0. The lowest BCUT2D eigenvalue weighted by molar-refractivity contribution is 0.276. The van der Waals surface area contributed by atoms with Gasteiger partial charge in [0.2, 0.25) is 0 Å². The van der Waals surface area contributed by atoms with E-state index in [0.717, 1.165) is 6.54 Å². The highest BCUT2D eigenvalue weighted by molar-refractivity contribution is 5.26. The van der Waals surface area contributed by atoms with Crippen LogP contribution in [0.2, 0.25) is 0 Å². The average Bonchev–Trinajstić information content (AvgIpc) is 2.68. The van der Waals surface area contributed by atoms with Crippen molar-refractivity contribution < 1.29 is 0 Å². The zero-order chi connectivity index (χ0) is 14.0. The van der Waals surface area contributed by atoms with E-state index in [-0.39, 0.29) is 6.04 Å². The van der Waals surface area contributed by atoms with E-state index in [1.165, 1.54) is 30.6 Å². The van der Waals surface area contributed by atoms with Crippen molar-refractivity contribution in [3.63, 3.8) is 0 Å². The third-order valence-corrected chi connectivity index (χ3v) is 4.24. The maximum Gasteiger partial charge on any atom is 0.0424 e. The van der Waals surface area contributed by atoms with Crippen molar-refractivity contribution in [2.45, 2.75) is 46.1 Å². The molecule has 2 heteroatoms. The number of likely N-dealkylation sites (tertiary alicyclic amines) is 1. The summed E-state index contributed by atoms with van der Waals surface area (Å²) in [6.07, 6.45) is 1.28. The first kappa shape index (κ1) is 14.5. The van der Waals surface area contributed by atoms with Crippen LogP contribution in [-0.4, -0.2) is 24.5 Å².